The van der Waals surface area contributed by atoms with Crippen LogP contribution in [-0.2, 0) is 0 Å². The number of anilines is 3. The van der Waals surface area contributed by atoms with Crippen molar-refractivity contribution in [2.75, 3.05) is 24.3 Å². The normalized spacial score (nSPS) is 10.8. The van der Waals surface area contributed by atoms with Crippen LogP contribution < -0.4 is 10.2 Å². The van der Waals surface area contributed by atoms with Crippen molar-refractivity contribution in [1.29, 1.82) is 0 Å². The zero-order valence-corrected chi connectivity index (χ0v) is 15.1. The molecule has 0 fully saturated rings. The third-order valence-electron chi connectivity index (χ3n) is 4.55. The molecular weight excluding hydrogens is 320 g/mol. The van der Waals surface area contributed by atoms with Gasteiger partial charge in [-0.15, -0.1) is 6.42 Å². The van der Waals surface area contributed by atoms with Gasteiger partial charge in [-0.2, -0.15) is 0 Å². The van der Waals surface area contributed by atoms with Gasteiger partial charge >= 0.3 is 0 Å². The highest BCUT2D eigenvalue weighted by molar-refractivity contribution is 5.86. The molecule has 2 heterocycles. The molecule has 0 aliphatic rings. The van der Waals surface area contributed by atoms with Crippen molar-refractivity contribution in [3.63, 3.8) is 0 Å². The largest absolute Gasteiger partial charge is 0.378 e. The lowest BCUT2D eigenvalue weighted by Crippen LogP contribution is -2.09. The molecule has 4 nitrogen and oxygen atoms in total. The minimum absolute atomic E-state index is 0.806. The number of imidazole rings is 1. The van der Waals surface area contributed by atoms with Crippen molar-refractivity contribution in [3.05, 3.63) is 65.7 Å². The van der Waals surface area contributed by atoms with Gasteiger partial charge in [0.2, 0.25) is 0 Å². The molecule has 4 aromatic rings. The fraction of sp³-hybridized carbons (Fsp3) is 0.136. The molecule has 4 rings (SSSR count). The van der Waals surface area contributed by atoms with E-state index < -0.39 is 0 Å². The lowest BCUT2D eigenvalue weighted by Gasteiger charge is -2.16. The van der Waals surface area contributed by atoms with Crippen LogP contribution in [-0.4, -0.2) is 23.5 Å². The molecule has 128 valence electrons. The van der Waals surface area contributed by atoms with Gasteiger partial charge in [0.05, 0.1) is 16.6 Å². The summed E-state index contributed by atoms with van der Waals surface area (Å²) in [6, 6.07) is 18.5. The summed E-state index contributed by atoms with van der Waals surface area (Å²) in [5.74, 6) is 3.74. The van der Waals surface area contributed by atoms with E-state index >= 15 is 0 Å². The molecule has 4 heteroatoms. The second-order valence-corrected chi connectivity index (χ2v) is 6.56. The van der Waals surface area contributed by atoms with Gasteiger partial charge in [0.1, 0.15) is 5.82 Å². The smallest absolute Gasteiger partial charge is 0.155 e. The van der Waals surface area contributed by atoms with Crippen LogP contribution in [0.3, 0.4) is 0 Å². The molecule has 0 bridgehead atoms. The molecule has 0 aliphatic carbocycles. The number of rotatable bonds is 3. The lowest BCUT2D eigenvalue weighted by molar-refractivity contribution is 1.13. The Labute approximate surface area is 153 Å². The summed E-state index contributed by atoms with van der Waals surface area (Å²) >= 11 is 0. The Morgan fingerprint density at radius 3 is 2.65 bits per heavy atom. The third kappa shape index (κ3) is 2.55. The van der Waals surface area contributed by atoms with Crippen LogP contribution in [0, 0.1) is 19.3 Å². The van der Waals surface area contributed by atoms with Gasteiger partial charge in [0.15, 0.2) is 5.65 Å². The minimum Gasteiger partial charge on any atom is -0.378 e. The van der Waals surface area contributed by atoms with E-state index in [0.717, 1.165) is 45.0 Å². The van der Waals surface area contributed by atoms with Crippen molar-refractivity contribution in [2.24, 2.45) is 0 Å². The average Bonchev–Trinajstić information content (AvgIpc) is 3.01. The van der Waals surface area contributed by atoms with Gasteiger partial charge in [-0.25, -0.2) is 4.98 Å². The second-order valence-electron chi connectivity index (χ2n) is 6.56. The number of terminal acetylenes is 1. The quantitative estimate of drug-likeness (QED) is 0.554. The predicted octanol–water partition coefficient (Wildman–Crippen LogP) is 4.59. The van der Waals surface area contributed by atoms with Crippen LogP contribution >= 0.6 is 0 Å². The van der Waals surface area contributed by atoms with Crippen molar-refractivity contribution >= 4 is 33.9 Å². The number of aryl methyl sites for hydroxylation is 1. The summed E-state index contributed by atoms with van der Waals surface area (Å²) in [5.41, 5.74) is 6.78. The van der Waals surface area contributed by atoms with Gasteiger partial charge in [-0.3, -0.25) is 4.40 Å². The standard InChI is InChI=1S/C22H20N4/c1-5-18-15(2)13-21(23-16-9-8-10-17(14-16)25(3)4)26-20-12-7-6-11-19(20)24-22(18)26/h1,6-14,23H,2-4H3. The Balaban J connectivity index is 1.95. The second kappa shape index (κ2) is 6.12. The van der Waals surface area contributed by atoms with Crippen molar-refractivity contribution in [2.45, 2.75) is 6.92 Å². The van der Waals surface area contributed by atoms with Crippen LogP contribution in [0.5, 0.6) is 0 Å². The first-order valence-electron chi connectivity index (χ1n) is 8.50. The molecule has 0 saturated carbocycles. The molecule has 26 heavy (non-hydrogen) atoms. The molecule has 0 saturated heterocycles. The Morgan fingerprint density at radius 1 is 1.08 bits per heavy atom. The predicted molar refractivity (Wildman–Crippen MR) is 109 cm³/mol. The first-order chi connectivity index (χ1) is 12.6. The first-order valence-corrected chi connectivity index (χ1v) is 8.50. The van der Waals surface area contributed by atoms with Crippen molar-refractivity contribution < 1.29 is 0 Å². The van der Waals surface area contributed by atoms with Gasteiger partial charge in [0, 0.05) is 25.5 Å². The van der Waals surface area contributed by atoms with Crippen molar-refractivity contribution in [1.82, 2.24) is 9.38 Å². The third-order valence-corrected chi connectivity index (χ3v) is 4.55. The summed E-state index contributed by atoms with van der Waals surface area (Å²) in [6.45, 7) is 2.02. The summed E-state index contributed by atoms with van der Waals surface area (Å²) in [7, 11) is 4.07. The van der Waals surface area contributed by atoms with Gasteiger partial charge in [0.25, 0.3) is 0 Å². The molecule has 0 spiro atoms. The molecular formula is C22H20N4. The summed E-state index contributed by atoms with van der Waals surface area (Å²) < 4.78 is 2.10. The van der Waals surface area contributed by atoms with Crippen LogP contribution in [0.2, 0.25) is 0 Å². The number of para-hydroxylation sites is 2. The number of nitrogens with one attached hydrogen (secondary N) is 1. The van der Waals surface area contributed by atoms with Crippen molar-refractivity contribution in [3.8, 4) is 12.3 Å². The van der Waals surface area contributed by atoms with Crippen LogP contribution in [0.1, 0.15) is 11.1 Å². The zero-order valence-electron chi connectivity index (χ0n) is 15.1. The number of pyridine rings is 1. The number of hydrogen-bond acceptors (Lipinski definition) is 3. The lowest BCUT2D eigenvalue weighted by atomic mass is 10.1. The van der Waals surface area contributed by atoms with E-state index in [1.54, 1.807) is 0 Å². The number of benzene rings is 2. The summed E-state index contributed by atoms with van der Waals surface area (Å²) in [4.78, 5) is 6.85. The van der Waals surface area contributed by atoms with E-state index in [1.807, 2.05) is 45.3 Å². The Morgan fingerprint density at radius 2 is 1.88 bits per heavy atom. The number of nitrogens with zero attached hydrogens (tertiary/aromatic N) is 3. The van der Waals surface area contributed by atoms with Gasteiger partial charge in [-0.05, 0) is 48.9 Å². The maximum atomic E-state index is 5.77. The van der Waals surface area contributed by atoms with E-state index in [-0.39, 0.29) is 0 Å². The molecule has 0 radical (unpaired) electrons. The Kier molecular flexibility index (Phi) is 3.78. The number of hydrogen-bond donors (Lipinski definition) is 1. The SMILES string of the molecule is C#Cc1c(C)cc(Nc2cccc(N(C)C)c2)n2c1nc1ccccc12. The van der Waals surface area contributed by atoms with Gasteiger partial charge < -0.3 is 10.2 Å². The molecule has 0 atom stereocenters. The van der Waals surface area contributed by atoms with Crippen LogP contribution in [0.15, 0.2) is 54.6 Å². The fourth-order valence-electron chi connectivity index (χ4n) is 3.24. The molecule has 0 aliphatic heterocycles. The maximum Gasteiger partial charge on any atom is 0.155 e. The topological polar surface area (TPSA) is 32.6 Å². The first kappa shape index (κ1) is 16.0. The van der Waals surface area contributed by atoms with E-state index in [4.69, 9.17) is 11.4 Å². The monoisotopic (exact) mass is 340 g/mol. The Hall–Kier alpha value is -3.45. The van der Waals surface area contributed by atoms with E-state index in [9.17, 15) is 0 Å². The molecule has 2 aromatic carbocycles. The van der Waals surface area contributed by atoms with E-state index in [0.29, 0.717) is 0 Å². The summed E-state index contributed by atoms with van der Waals surface area (Å²) in [5, 5.41) is 3.54. The highest BCUT2D eigenvalue weighted by atomic mass is 15.1. The zero-order chi connectivity index (χ0) is 18.3. The van der Waals surface area contributed by atoms with Crippen LogP contribution in [0.4, 0.5) is 17.2 Å². The van der Waals surface area contributed by atoms with Crippen LogP contribution in [0.25, 0.3) is 16.7 Å². The Bertz CT molecular complexity index is 1160. The number of fused-ring (bicyclic) bond motifs is 3. The molecule has 0 unspecified atom stereocenters. The van der Waals surface area contributed by atoms with E-state index in [2.05, 4.69) is 50.9 Å². The molecule has 2 aromatic heterocycles. The van der Waals surface area contributed by atoms with E-state index in [1.165, 1.54) is 0 Å². The molecule has 0 amide bonds. The minimum atomic E-state index is 0.806. The van der Waals surface area contributed by atoms with Gasteiger partial charge in [-0.1, -0.05) is 24.1 Å². The highest BCUT2D eigenvalue weighted by Crippen LogP contribution is 2.29. The molecule has 1 N–H and O–H groups in total. The highest BCUT2D eigenvalue weighted by Gasteiger charge is 2.14. The summed E-state index contributed by atoms with van der Waals surface area (Å²) in [6.07, 6.45) is 5.77. The number of aromatic nitrogens is 2. The average molecular weight is 340 g/mol. The fourth-order valence-corrected chi connectivity index (χ4v) is 3.24. The maximum absolute atomic E-state index is 5.77.